The molecule has 2 nitrogen and oxygen atoms in total. The van der Waals surface area contributed by atoms with Gasteiger partial charge in [0.05, 0.1) is 7.11 Å². The van der Waals surface area contributed by atoms with Gasteiger partial charge < -0.3 is 4.74 Å². The zero-order valence-corrected chi connectivity index (χ0v) is 6.41. The Labute approximate surface area is 70.0 Å². The van der Waals surface area contributed by atoms with E-state index in [1.54, 1.807) is 0 Å². The molecule has 0 aliphatic heterocycles. The summed E-state index contributed by atoms with van der Waals surface area (Å²) >= 11 is 0. The Bertz CT molecular complexity index is 230. The van der Waals surface area contributed by atoms with Crippen LogP contribution in [0, 0.1) is 0 Å². The van der Waals surface area contributed by atoms with Crippen molar-refractivity contribution in [2.45, 2.75) is 12.1 Å². The number of hydrogen-bond donors (Lipinski definition) is 0. The van der Waals surface area contributed by atoms with E-state index < -0.39 is 23.6 Å². The number of carbonyl (C=O) groups is 1. The summed E-state index contributed by atoms with van der Waals surface area (Å²) < 4.78 is 62.8. The van der Waals surface area contributed by atoms with Gasteiger partial charge in [0, 0.05) is 0 Å². The molecule has 0 aliphatic carbocycles. The fourth-order valence-corrected chi connectivity index (χ4v) is 0.422. The van der Waals surface area contributed by atoms with Crippen LogP contribution in [0.15, 0.2) is 12.2 Å². The molecule has 0 aliphatic rings. The normalized spacial score (nSPS) is 12.5. The first-order valence-electron chi connectivity index (χ1n) is 2.86. The molecule has 0 aromatic rings. The molecule has 0 radical (unpaired) electrons. The first-order chi connectivity index (χ1) is 5.64. The maximum atomic E-state index is 12.2. The first-order valence-corrected chi connectivity index (χ1v) is 2.86. The van der Waals surface area contributed by atoms with Crippen LogP contribution in [-0.2, 0) is 9.53 Å². The minimum absolute atomic E-state index is 0.681. The number of rotatable bonds is 2. The minimum atomic E-state index is -5.84. The smallest absolute Gasteiger partial charge is 0.458 e. The molecule has 0 aromatic heterocycles. The molecule has 0 rings (SSSR count). The maximum Gasteiger partial charge on any atom is 0.458 e. The molecule has 0 atom stereocenters. The molecule has 13 heavy (non-hydrogen) atoms. The second-order valence-electron chi connectivity index (χ2n) is 2.04. The number of ether oxygens (including phenoxy) is 1. The summed E-state index contributed by atoms with van der Waals surface area (Å²) in [4.78, 5) is 10.3. The van der Waals surface area contributed by atoms with Crippen molar-refractivity contribution in [3.63, 3.8) is 0 Å². The van der Waals surface area contributed by atoms with E-state index in [-0.39, 0.29) is 0 Å². The van der Waals surface area contributed by atoms with Gasteiger partial charge in [0.1, 0.15) is 5.57 Å². The zero-order chi connectivity index (χ0) is 10.9. The van der Waals surface area contributed by atoms with Crippen LogP contribution in [0.1, 0.15) is 0 Å². The van der Waals surface area contributed by atoms with Crippen molar-refractivity contribution in [2.24, 2.45) is 0 Å². The molecule has 0 N–H and O–H groups in total. The molecule has 0 saturated heterocycles. The van der Waals surface area contributed by atoms with Crippen molar-refractivity contribution in [1.29, 1.82) is 0 Å². The Morgan fingerprint density at radius 3 is 1.85 bits per heavy atom. The maximum absolute atomic E-state index is 12.2. The third-order valence-electron chi connectivity index (χ3n) is 1.17. The summed E-state index contributed by atoms with van der Waals surface area (Å²) in [7, 11) is 0.681. The molecule has 0 unspecified atom stereocenters. The van der Waals surface area contributed by atoms with Crippen LogP contribution in [0.3, 0.4) is 0 Å². The van der Waals surface area contributed by atoms with Crippen LogP contribution >= 0.6 is 0 Å². The molecule has 0 amide bonds. The van der Waals surface area contributed by atoms with Gasteiger partial charge in [0.25, 0.3) is 0 Å². The monoisotopic (exact) mass is 204 g/mol. The summed E-state index contributed by atoms with van der Waals surface area (Å²) in [6.45, 7) is 2.32. The molecule has 0 aromatic carbocycles. The van der Waals surface area contributed by atoms with E-state index in [1.165, 1.54) is 0 Å². The van der Waals surface area contributed by atoms with Gasteiger partial charge in [0.2, 0.25) is 0 Å². The number of hydrogen-bond acceptors (Lipinski definition) is 2. The third-order valence-corrected chi connectivity index (χ3v) is 1.17. The molecular weight excluding hydrogens is 199 g/mol. The fraction of sp³-hybridized carbons (Fsp3) is 0.500. The summed E-state index contributed by atoms with van der Waals surface area (Å²) in [6, 6.07) is 0. The van der Waals surface area contributed by atoms with Crippen LogP contribution in [0.25, 0.3) is 0 Å². The second kappa shape index (κ2) is 3.31. The SMILES string of the molecule is C=C(C(=O)OC)C(F)(F)C(F)(F)F. The quantitative estimate of drug-likeness (QED) is 0.390. The average molecular weight is 204 g/mol. The number of alkyl halides is 5. The lowest BCUT2D eigenvalue weighted by Crippen LogP contribution is -2.40. The molecular formula is C6H5F5O2. The van der Waals surface area contributed by atoms with Gasteiger partial charge in [-0.2, -0.15) is 22.0 Å². The molecule has 0 saturated carbocycles. The van der Waals surface area contributed by atoms with E-state index in [0.29, 0.717) is 7.11 Å². The number of esters is 1. The molecule has 7 heteroatoms. The Morgan fingerprint density at radius 2 is 1.62 bits per heavy atom. The first kappa shape index (κ1) is 11.9. The average Bonchev–Trinajstić information content (AvgIpc) is 1.99. The Morgan fingerprint density at radius 1 is 1.23 bits per heavy atom. The van der Waals surface area contributed by atoms with Gasteiger partial charge in [-0.3, -0.25) is 0 Å². The lowest BCUT2D eigenvalue weighted by atomic mass is 10.1. The summed E-state index contributed by atoms with van der Waals surface area (Å²) in [5, 5.41) is 0. The van der Waals surface area contributed by atoms with Crippen molar-refractivity contribution >= 4 is 5.97 Å². The Hall–Kier alpha value is -1.14. The van der Waals surface area contributed by atoms with E-state index in [1.807, 2.05) is 0 Å². The predicted molar refractivity (Wildman–Crippen MR) is 32.2 cm³/mol. The van der Waals surface area contributed by atoms with E-state index in [9.17, 15) is 26.7 Å². The zero-order valence-electron chi connectivity index (χ0n) is 6.41. The summed E-state index contributed by atoms with van der Waals surface area (Å²) in [6.07, 6.45) is -5.84. The highest BCUT2D eigenvalue weighted by Gasteiger charge is 2.61. The molecule has 0 heterocycles. The topological polar surface area (TPSA) is 26.3 Å². The van der Waals surface area contributed by atoms with Gasteiger partial charge >= 0.3 is 18.1 Å². The molecule has 76 valence electrons. The Kier molecular flexibility index (Phi) is 3.02. The van der Waals surface area contributed by atoms with Crippen molar-refractivity contribution in [1.82, 2.24) is 0 Å². The molecule has 0 bridgehead atoms. The van der Waals surface area contributed by atoms with Crippen LogP contribution in [-0.4, -0.2) is 25.2 Å². The van der Waals surface area contributed by atoms with Crippen molar-refractivity contribution in [2.75, 3.05) is 7.11 Å². The van der Waals surface area contributed by atoms with Crippen LogP contribution in [0.2, 0.25) is 0 Å². The predicted octanol–water partition coefficient (Wildman–Crippen LogP) is 1.91. The minimum Gasteiger partial charge on any atom is -0.466 e. The Balaban J connectivity index is 4.86. The standard InChI is InChI=1S/C6H5F5O2/c1-3(4(12)13-2)5(7,8)6(9,10)11/h1H2,2H3. The van der Waals surface area contributed by atoms with Crippen molar-refractivity contribution < 1.29 is 31.5 Å². The summed E-state index contributed by atoms with van der Waals surface area (Å²) in [5.74, 6) is -7.04. The highest BCUT2D eigenvalue weighted by atomic mass is 19.4. The highest BCUT2D eigenvalue weighted by molar-refractivity contribution is 5.89. The van der Waals surface area contributed by atoms with Gasteiger partial charge in [-0.25, -0.2) is 4.79 Å². The van der Waals surface area contributed by atoms with Gasteiger partial charge in [-0.1, -0.05) is 6.58 Å². The fourth-order valence-electron chi connectivity index (χ4n) is 0.422. The van der Waals surface area contributed by atoms with Crippen LogP contribution in [0.5, 0.6) is 0 Å². The van der Waals surface area contributed by atoms with Gasteiger partial charge in [0.15, 0.2) is 0 Å². The lowest BCUT2D eigenvalue weighted by Gasteiger charge is -2.19. The highest BCUT2D eigenvalue weighted by Crippen LogP contribution is 2.40. The van der Waals surface area contributed by atoms with Crippen molar-refractivity contribution in [3.8, 4) is 0 Å². The molecule has 0 fully saturated rings. The van der Waals surface area contributed by atoms with E-state index >= 15 is 0 Å². The molecule has 0 spiro atoms. The van der Waals surface area contributed by atoms with Gasteiger partial charge in [-0.05, 0) is 0 Å². The number of carbonyl (C=O) groups excluding carboxylic acids is 1. The third kappa shape index (κ3) is 2.16. The van der Waals surface area contributed by atoms with E-state index in [2.05, 4.69) is 11.3 Å². The van der Waals surface area contributed by atoms with E-state index in [0.717, 1.165) is 0 Å². The van der Waals surface area contributed by atoms with Gasteiger partial charge in [-0.15, -0.1) is 0 Å². The lowest BCUT2D eigenvalue weighted by molar-refractivity contribution is -0.264. The number of methoxy groups -OCH3 is 1. The van der Waals surface area contributed by atoms with Crippen LogP contribution in [0.4, 0.5) is 22.0 Å². The van der Waals surface area contributed by atoms with E-state index in [4.69, 9.17) is 0 Å². The number of halogens is 5. The van der Waals surface area contributed by atoms with Crippen LogP contribution < -0.4 is 0 Å². The largest absolute Gasteiger partial charge is 0.466 e. The summed E-state index contributed by atoms with van der Waals surface area (Å²) in [5.41, 5.74) is -1.93. The second-order valence-corrected chi connectivity index (χ2v) is 2.04. The van der Waals surface area contributed by atoms with Crippen molar-refractivity contribution in [3.05, 3.63) is 12.2 Å².